The molecule has 646 valence electrons. The van der Waals surface area contributed by atoms with E-state index in [0.717, 1.165) is 26.8 Å². The number of ether oxygens (including phenoxy) is 4. The highest BCUT2D eigenvalue weighted by Gasteiger charge is 2.37. The van der Waals surface area contributed by atoms with E-state index in [1.165, 1.54) is 94.1 Å². The fourth-order valence-corrected chi connectivity index (χ4v) is 18.8. The molecular formula is C86H94N14O15S8. The molecule has 4 aromatic carbocycles. The molecule has 4 saturated heterocycles. The monoisotopic (exact) mass is 1820 g/mol. The first-order chi connectivity index (χ1) is 59.4. The van der Waals surface area contributed by atoms with Crippen LogP contribution in [0.3, 0.4) is 0 Å². The zero-order valence-electron chi connectivity index (χ0n) is 68.0. The number of pyridine rings is 3. The summed E-state index contributed by atoms with van der Waals surface area (Å²) in [4.78, 5) is 154. The van der Waals surface area contributed by atoms with Crippen LogP contribution in [-0.4, -0.2) is 239 Å². The predicted molar refractivity (Wildman–Crippen MR) is 493 cm³/mol. The van der Waals surface area contributed by atoms with Gasteiger partial charge in [0, 0.05) is 138 Å². The second-order valence-corrected chi connectivity index (χ2v) is 35.9. The Balaban J connectivity index is 0.784. The van der Waals surface area contributed by atoms with Crippen molar-refractivity contribution < 1.29 is 57.6 Å². The molecule has 8 heterocycles. The summed E-state index contributed by atoms with van der Waals surface area (Å²) < 4.78 is 30.2. The number of aliphatic hydroxyl groups is 1. The second kappa shape index (κ2) is 44.4. The standard InChI is InChI=1S/C86H94N14O15S8/c1-56-45-65(77(106)95-38-42-121-84(95)117)72(112-52-60-17-9-5-10-18-60)59(4)98(56)49-69(102)88-27-32-91(31-26-87-68(101)48-93-30-25-64(76(105)94-37-41-120-83(94)116)73(80(93)109)113-53-61-19-11-6-12-20-61)35-36-92(33-28-89-70(103)50-99-57(2)46-66(78(107)96-39-43-122-85(96)118)74(81(99)110)114-54-62-21-13-7-14-22-62)34-29-90-71(104)51-100-58(3)47-67(79(108)97-40-44-123-86(97)119)75(82(100)111)115-55-63-23-15-8-16-24-63/h5-25,30,45-47,70,89,103H,4,26-29,31-44,48-55H2,1-3H3,(H,87,101)(H,88,102)(H,90,104). The van der Waals surface area contributed by atoms with Crippen LogP contribution in [0.2, 0.25) is 0 Å². The number of nitrogens with zero attached hydrogens (tertiary/aromatic N) is 10. The highest BCUT2D eigenvalue weighted by molar-refractivity contribution is 8.24. The number of carbonyl (C=O) groups is 7. The zero-order chi connectivity index (χ0) is 87.2. The quantitative estimate of drug-likeness (QED) is 0.0186. The predicted octanol–water partition coefficient (Wildman–Crippen LogP) is 7.27. The van der Waals surface area contributed by atoms with Crippen molar-refractivity contribution in [2.45, 2.75) is 73.1 Å². The Labute approximate surface area is 749 Å². The number of thioether (sulfide) groups is 4. The lowest BCUT2D eigenvalue weighted by Crippen LogP contribution is -2.47. The molecule has 29 nitrogen and oxygen atoms in total. The van der Waals surface area contributed by atoms with Gasteiger partial charge in [0.1, 0.15) is 69.6 Å². The summed E-state index contributed by atoms with van der Waals surface area (Å²) >= 11 is 27.5. The van der Waals surface area contributed by atoms with Crippen molar-refractivity contribution in [2.24, 2.45) is 0 Å². The van der Waals surface area contributed by atoms with Crippen molar-refractivity contribution in [2.75, 3.05) is 121 Å². The normalized spacial score (nSPS) is 15.0. The van der Waals surface area contributed by atoms with Crippen LogP contribution in [-0.2, 0) is 70.0 Å². The van der Waals surface area contributed by atoms with Crippen molar-refractivity contribution in [1.82, 2.24) is 69.3 Å². The minimum atomic E-state index is -1.35. The first-order valence-electron chi connectivity index (χ1n) is 39.8. The van der Waals surface area contributed by atoms with E-state index >= 15 is 0 Å². The number of aliphatic hydroxyl groups excluding tert-OH is 1. The van der Waals surface area contributed by atoms with Gasteiger partial charge in [-0.2, -0.15) is 0 Å². The van der Waals surface area contributed by atoms with Gasteiger partial charge in [-0.3, -0.25) is 82.7 Å². The van der Waals surface area contributed by atoms with Gasteiger partial charge < -0.3 is 58.6 Å². The molecule has 37 heteroatoms. The van der Waals surface area contributed by atoms with Crippen LogP contribution in [0.4, 0.5) is 0 Å². The van der Waals surface area contributed by atoms with E-state index in [1.54, 1.807) is 37.8 Å². The number of hydrogen-bond acceptors (Lipinski definition) is 27. The van der Waals surface area contributed by atoms with E-state index in [4.69, 9.17) is 67.8 Å². The number of nitrogens with one attached hydrogen (secondary N) is 4. The maximum atomic E-state index is 14.7. The van der Waals surface area contributed by atoms with Crippen LogP contribution >= 0.6 is 95.9 Å². The molecule has 3 aromatic heterocycles. The first kappa shape index (κ1) is 92.0. The molecule has 0 saturated carbocycles. The number of aromatic nitrogens is 3. The van der Waals surface area contributed by atoms with E-state index < -0.39 is 71.4 Å². The van der Waals surface area contributed by atoms with Crippen molar-refractivity contribution in [3.63, 3.8) is 0 Å². The Morgan fingerprint density at radius 3 is 1.24 bits per heavy atom. The molecule has 1 atom stereocenters. The molecule has 4 fully saturated rings. The minimum Gasteiger partial charge on any atom is -0.486 e. The number of allylic oxidation sites excluding steroid dienone is 1. The molecule has 5 aliphatic heterocycles. The molecule has 12 rings (SSSR count). The Morgan fingerprint density at radius 1 is 0.455 bits per heavy atom. The van der Waals surface area contributed by atoms with E-state index in [9.17, 15) is 53.1 Å². The number of thiocarbonyl (C=S) groups is 4. The number of rotatable bonds is 40. The van der Waals surface area contributed by atoms with Gasteiger partial charge in [-0.1, -0.05) is 224 Å². The molecule has 1 unspecified atom stereocenters. The number of carbonyl (C=O) groups excluding carboxylic acids is 7. The van der Waals surface area contributed by atoms with Gasteiger partial charge in [-0.25, -0.2) is 0 Å². The summed E-state index contributed by atoms with van der Waals surface area (Å²) in [6, 6.07) is 41.3. The van der Waals surface area contributed by atoms with Crippen LogP contribution in [0.1, 0.15) is 71.6 Å². The van der Waals surface area contributed by atoms with Crippen molar-refractivity contribution in [3.8, 4) is 17.2 Å². The largest absolute Gasteiger partial charge is 0.486 e. The van der Waals surface area contributed by atoms with Gasteiger partial charge in [0.15, 0.2) is 23.0 Å². The van der Waals surface area contributed by atoms with Gasteiger partial charge >= 0.3 is 0 Å². The third kappa shape index (κ3) is 24.3. The Hall–Kier alpha value is -10.2. The molecule has 0 radical (unpaired) electrons. The minimum absolute atomic E-state index is 0.00570. The average Bonchev–Trinajstić information content (AvgIpc) is 1.48. The third-order valence-corrected chi connectivity index (χ3v) is 26.3. The van der Waals surface area contributed by atoms with E-state index in [1.807, 2.05) is 131 Å². The summed E-state index contributed by atoms with van der Waals surface area (Å²) in [6.45, 7) is 10.9. The summed E-state index contributed by atoms with van der Waals surface area (Å²) in [5.74, 6) is -1.44. The Bertz CT molecular complexity index is 5410. The van der Waals surface area contributed by atoms with Crippen LogP contribution < -0.4 is 52.2 Å². The number of benzene rings is 4. The zero-order valence-corrected chi connectivity index (χ0v) is 74.5. The number of hydrogen-bond donors (Lipinski definition) is 5. The van der Waals surface area contributed by atoms with Crippen molar-refractivity contribution in [3.05, 3.63) is 262 Å². The molecule has 5 N–H and O–H groups in total. The second-order valence-electron chi connectivity index (χ2n) is 29.0. The van der Waals surface area contributed by atoms with E-state index in [0.29, 0.717) is 83.6 Å². The molecule has 7 aromatic rings. The molecule has 0 spiro atoms. The van der Waals surface area contributed by atoms with Gasteiger partial charge in [0.25, 0.3) is 40.3 Å². The van der Waals surface area contributed by atoms with Crippen LogP contribution in [0.25, 0.3) is 0 Å². The summed E-state index contributed by atoms with van der Waals surface area (Å²) in [6.07, 6.45) is 1.68. The highest BCUT2D eigenvalue weighted by atomic mass is 32.2. The average molecular weight is 1820 g/mol. The molecule has 0 aliphatic carbocycles. The summed E-state index contributed by atoms with van der Waals surface area (Å²) in [5.41, 5.74) is 2.76. The fourth-order valence-electron chi connectivity index (χ4n) is 14.0. The Morgan fingerprint density at radius 2 is 0.821 bits per heavy atom. The lowest BCUT2D eigenvalue weighted by molar-refractivity contribution is -0.123. The maximum absolute atomic E-state index is 14.7. The topological polar surface area (TPSA) is 313 Å². The number of aryl methyl sites for hydroxylation is 2. The third-order valence-electron chi connectivity index (χ3n) is 20.6. The van der Waals surface area contributed by atoms with Crippen LogP contribution in [0, 0.1) is 13.8 Å². The van der Waals surface area contributed by atoms with Gasteiger partial charge in [-0.15, -0.1) is 0 Å². The fraction of sp³-hybridized carbons (Fsp3) is 0.349. The van der Waals surface area contributed by atoms with E-state index in [-0.39, 0.29) is 162 Å². The van der Waals surface area contributed by atoms with E-state index in [2.05, 4.69) is 27.8 Å². The van der Waals surface area contributed by atoms with Gasteiger partial charge in [0.05, 0.1) is 34.5 Å². The maximum Gasteiger partial charge on any atom is 0.294 e. The molecule has 5 aliphatic rings. The van der Waals surface area contributed by atoms with Gasteiger partial charge in [0.2, 0.25) is 17.7 Å². The number of amides is 7. The Kier molecular flexibility index (Phi) is 33.2. The van der Waals surface area contributed by atoms with Crippen LogP contribution in [0.15, 0.2) is 195 Å². The van der Waals surface area contributed by atoms with Gasteiger partial charge in [-0.05, 0) is 67.3 Å². The molecule has 123 heavy (non-hydrogen) atoms. The molecule has 7 amide bonds. The van der Waals surface area contributed by atoms with Crippen molar-refractivity contribution >= 4 is 155 Å². The summed E-state index contributed by atoms with van der Waals surface area (Å²) in [5, 5.41) is 24.0. The van der Waals surface area contributed by atoms with Crippen molar-refractivity contribution in [1.29, 1.82) is 0 Å². The lowest BCUT2D eigenvalue weighted by Gasteiger charge is -2.33. The first-order valence-corrected chi connectivity index (χ1v) is 45.4. The molecular weight excluding hydrogens is 1730 g/mol. The SMILES string of the molecule is C=C1C(OCc2ccccc2)=C(C(=O)N2CCSC2=S)C=C(C)N1CC(=O)NCCN(CCNC(=O)Cn1ccc(C(=O)N2CCSC2=S)c(OCc2ccccc2)c1=O)CCN(CCNC(=O)Cn1c(C)cc(C(=O)N2CCSC2=S)c(OCc2ccccc2)c1=O)CCNC(O)Cn1c(C)cc(C(=O)N2CCSC2=S)c(OCc2ccccc2)c1=O. The molecule has 0 bridgehead atoms. The summed E-state index contributed by atoms with van der Waals surface area (Å²) in [7, 11) is 0. The lowest BCUT2D eigenvalue weighted by atomic mass is 10.0. The van der Waals surface area contributed by atoms with Crippen LogP contribution in [0.5, 0.6) is 17.2 Å². The highest BCUT2D eigenvalue weighted by Crippen LogP contribution is 2.34. The smallest absolute Gasteiger partial charge is 0.294 e.